The summed E-state index contributed by atoms with van der Waals surface area (Å²) in [5, 5.41) is 13.1. The minimum Gasteiger partial charge on any atom is -0.387 e. The first-order valence-electron chi connectivity index (χ1n) is 4.91. The number of hydrogen-bond acceptors (Lipinski definition) is 4. The molecule has 2 amide bonds. The van der Waals surface area contributed by atoms with Gasteiger partial charge in [0.05, 0.1) is 5.60 Å². The van der Waals surface area contributed by atoms with E-state index in [4.69, 9.17) is 0 Å². The average Bonchev–Trinajstić information content (AvgIpc) is 2.21. The molecule has 0 spiro atoms. The van der Waals surface area contributed by atoms with Crippen LogP contribution in [0.2, 0.25) is 0 Å². The monoisotopic (exact) mass is 288 g/mol. The van der Waals surface area contributed by atoms with Gasteiger partial charge < -0.3 is 15.7 Å². The first-order valence-corrected chi connectivity index (χ1v) is 6.31. The Bertz CT molecular complexity index is 308. The highest BCUT2D eigenvalue weighted by molar-refractivity contribution is 7.98. The van der Waals surface area contributed by atoms with E-state index < -0.39 is 30.1 Å². The van der Waals surface area contributed by atoms with Crippen molar-refractivity contribution in [1.29, 1.82) is 0 Å². The molecule has 3 N–H and O–H groups in total. The molecule has 0 aliphatic heterocycles. The highest BCUT2D eigenvalue weighted by Gasteiger charge is 2.29. The van der Waals surface area contributed by atoms with Gasteiger partial charge in [0.15, 0.2) is 0 Å². The van der Waals surface area contributed by atoms with Crippen LogP contribution < -0.4 is 10.6 Å². The van der Waals surface area contributed by atoms with Crippen LogP contribution in [-0.4, -0.2) is 53.8 Å². The third kappa shape index (κ3) is 8.18. The third-order valence-electron chi connectivity index (χ3n) is 1.74. The summed E-state index contributed by atoms with van der Waals surface area (Å²) in [5.74, 6) is -2.27. The van der Waals surface area contributed by atoms with Gasteiger partial charge in [-0.25, -0.2) is 0 Å². The number of alkyl halides is 3. The number of amides is 2. The van der Waals surface area contributed by atoms with Crippen molar-refractivity contribution in [3.63, 3.8) is 0 Å². The van der Waals surface area contributed by atoms with Crippen molar-refractivity contribution in [1.82, 2.24) is 10.6 Å². The summed E-state index contributed by atoms with van der Waals surface area (Å²) >= 11 is 1.33. The zero-order valence-electron chi connectivity index (χ0n) is 9.93. The number of hydrogen-bond donors (Lipinski definition) is 3. The topological polar surface area (TPSA) is 78.4 Å². The predicted molar refractivity (Wildman–Crippen MR) is 61.1 cm³/mol. The van der Waals surface area contributed by atoms with E-state index in [-0.39, 0.29) is 6.54 Å². The molecule has 9 heteroatoms. The number of thioether (sulfide) groups is 1. The van der Waals surface area contributed by atoms with E-state index in [0.717, 1.165) is 0 Å². The van der Waals surface area contributed by atoms with Crippen LogP contribution in [0.4, 0.5) is 13.2 Å². The van der Waals surface area contributed by atoms with Gasteiger partial charge in [-0.15, -0.1) is 0 Å². The molecule has 18 heavy (non-hydrogen) atoms. The maximum Gasteiger partial charge on any atom is 0.405 e. The predicted octanol–water partition coefficient (Wildman–Crippen LogP) is -0.105. The highest BCUT2D eigenvalue weighted by Crippen LogP contribution is 2.12. The van der Waals surface area contributed by atoms with Gasteiger partial charge in [-0.05, 0) is 13.2 Å². The van der Waals surface area contributed by atoms with Crippen LogP contribution in [0, 0.1) is 0 Å². The van der Waals surface area contributed by atoms with Crippen LogP contribution in [0.15, 0.2) is 0 Å². The third-order valence-corrected chi connectivity index (χ3v) is 2.65. The van der Waals surface area contributed by atoms with Gasteiger partial charge in [0.2, 0.25) is 0 Å². The molecular formula is C9H15F3N2O3S. The normalized spacial score (nSPS) is 14.8. The summed E-state index contributed by atoms with van der Waals surface area (Å²) in [6, 6.07) is 0. The molecule has 0 aliphatic carbocycles. The van der Waals surface area contributed by atoms with E-state index in [2.05, 4.69) is 5.32 Å². The quantitative estimate of drug-likeness (QED) is 0.617. The van der Waals surface area contributed by atoms with Crippen LogP contribution in [0.1, 0.15) is 6.92 Å². The molecule has 0 heterocycles. The first-order chi connectivity index (χ1) is 8.07. The Morgan fingerprint density at radius 1 is 1.17 bits per heavy atom. The number of nitrogens with one attached hydrogen (secondary N) is 2. The van der Waals surface area contributed by atoms with Gasteiger partial charge in [-0.2, -0.15) is 24.9 Å². The highest BCUT2D eigenvalue weighted by atomic mass is 32.2. The zero-order valence-corrected chi connectivity index (χ0v) is 10.7. The molecule has 0 radical (unpaired) electrons. The lowest BCUT2D eigenvalue weighted by Gasteiger charge is -2.22. The second-order valence-corrected chi connectivity index (χ2v) is 4.78. The smallest absolute Gasteiger partial charge is 0.387 e. The first kappa shape index (κ1) is 17.0. The van der Waals surface area contributed by atoms with Gasteiger partial charge in [0, 0.05) is 12.3 Å². The molecule has 0 fully saturated rings. The van der Waals surface area contributed by atoms with E-state index in [9.17, 15) is 27.9 Å². The van der Waals surface area contributed by atoms with Crippen molar-refractivity contribution in [2.75, 3.05) is 25.1 Å². The van der Waals surface area contributed by atoms with Crippen molar-refractivity contribution < 1.29 is 27.9 Å². The fourth-order valence-corrected chi connectivity index (χ4v) is 1.70. The Kier molecular flexibility index (Phi) is 6.47. The molecule has 0 saturated carbocycles. The van der Waals surface area contributed by atoms with Crippen LogP contribution in [0.5, 0.6) is 0 Å². The van der Waals surface area contributed by atoms with Crippen molar-refractivity contribution in [2.45, 2.75) is 18.7 Å². The van der Waals surface area contributed by atoms with Gasteiger partial charge in [-0.1, -0.05) is 0 Å². The molecule has 0 aromatic heterocycles. The summed E-state index contributed by atoms with van der Waals surface area (Å²) in [4.78, 5) is 22.1. The molecule has 0 saturated heterocycles. The Hall–Kier alpha value is -0.960. The molecule has 0 aliphatic rings. The SMILES string of the molecule is CSC[C@](C)(O)CNC(=O)C(=O)NCC(F)(F)F. The summed E-state index contributed by atoms with van der Waals surface area (Å²) in [6.07, 6.45) is -2.83. The lowest BCUT2D eigenvalue weighted by Crippen LogP contribution is -2.48. The number of carbonyl (C=O) groups excluding carboxylic acids is 2. The molecule has 5 nitrogen and oxygen atoms in total. The number of halogens is 3. The Labute approximate surface area is 106 Å². The second kappa shape index (κ2) is 6.83. The number of carbonyl (C=O) groups is 2. The van der Waals surface area contributed by atoms with Crippen LogP contribution in [0.3, 0.4) is 0 Å². The summed E-state index contributed by atoms with van der Waals surface area (Å²) in [6.45, 7) is -0.343. The van der Waals surface area contributed by atoms with Crippen molar-refractivity contribution >= 4 is 23.6 Å². The Morgan fingerprint density at radius 2 is 1.61 bits per heavy atom. The molecule has 0 unspecified atom stereocenters. The average molecular weight is 288 g/mol. The number of rotatable bonds is 5. The van der Waals surface area contributed by atoms with E-state index in [0.29, 0.717) is 5.75 Å². The van der Waals surface area contributed by atoms with Crippen LogP contribution >= 0.6 is 11.8 Å². The molecule has 0 bridgehead atoms. The lowest BCUT2D eigenvalue weighted by molar-refractivity contribution is -0.146. The van der Waals surface area contributed by atoms with Crippen molar-refractivity contribution in [3.05, 3.63) is 0 Å². The van der Waals surface area contributed by atoms with E-state index in [1.165, 1.54) is 24.0 Å². The molecule has 1 atom stereocenters. The maximum atomic E-state index is 11.8. The molecule has 106 valence electrons. The zero-order chi connectivity index (χ0) is 14.4. The maximum absolute atomic E-state index is 11.8. The molecule has 0 aromatic carbocycles. The standard InChI is InChI=1S/C9H15F3N2O3S/c1-8(17,5-18-2)3-13-6(15)7(16)14-4-9(10,11)12/h17H,3-5H2,1-2H3,(H,13,15)(H,14,16)/t8-/m1/s1. The fourth-order valence-electron chi connectivity index (χ4n) is 0.974. The Morgan fingerprint density at radius 3 is 2.00 bits per heavy atom. The molecule has 0 rings (SSSR count). The van der Waals surface area contributed by atoms with Crippen LogP contribution in [0.25, 0.3) is 0 Å². The van der Waals surface area contributed by atoms with Crippen molar-refractivity contribution in [3.8, 4) is 0 Å². The summed E-state index contributed by atoms with van der Waals surface area (Å²) < 4.78 is 35.3. The minimum atomic E-state index is -4.57. The summed E-state index contributed by atoms with van der Waals surface area (Å²) in [5.41, 5.74) is -1.22. The van der Waals surface area contributed by atoms with Crippen molar-refractivity contribution in [2.24, 2.45) is 0 Å². The van der Waals surface area contributed by atoms with E-state index in [1.807, 2.05) is 0 Å². The second-order valence-electron chi connectivity index (χ2n) is 3.91. The van der Waals surface area contributed by atoms with Gasteiger partial charge in [0.1, 0.15) is 6.54 Å². The fraction of sp³-hybridized carbons (Fsp3) is 0.778. The summed E-state index contributed by atoms with van der Waals surface area (Å²) in [7, 11) is 0. The molecule has 0 aromatic rings. The van der Waals surface area contributed by atoms with Gasteiger partial charge >= 0.3 is 18.0 Å². The van der Waals surface area contributed by atoms with Crippen LogP contribution in [-0.2, 0) is 9.59 Å². The lowest BCUT2D eigenvalue weighted by atomic mass is 10.1. The van der Waals surface area contributed by atoms with E-state index >= 15 is 0 Å². The number of aliphatic hydroxyl groups is 1. The van der Waals surface area contributed by atoms with Gasteiger partial charge in [0.25, 0.3) is 0 Å². The Balaban J connectivity index is 4.06. The van der Waals surface area contributed by atoms with Gasteiger partial charge in [-0.3, -0.25) is 9.59 Å². The molecular weight excluding hydrogens is 273 g/mol. The largest absolute Gasteiger partial charge is 0.405 e. The minimum absolute atomic E-state index is 0.216. The van der Waals surface area contributed by atoms with E-state index in [1.54, 1.807) is 6.26 Å².